The van der Waals surface area contributed by atoms with Gasteiger partial charge in [-0.3, -0.25) is 4.79 Å². The van der Waals surface area contributed by atoms with E-state index in [1.54, 1.807) is 36.3 Å². The third-order valence-corrected chi connectivity index (χ3v) is 4.11. The molecule has 132 valence electrons. The summed E-state index contributed by atoms with van der Waals surface area (Å²) in [6, 6.07) is 10.7. The van der Waals surface area contributed by atoms with Gasteiger partial charge in [0.1, 0.15) is 11.9 Å². The Hall–Kier alpha value is -2.83. The van der Waals surface area contributed by atoms with Gasteiger partial charge in [-0.2, -0.15) is 0 Å². The maximum absolute atomic E-state index is 12.8. The fourth-order valence-electron chi connectivity index (χ4n) is 2.86. The minimum Gasteiger partial charge on any atom is -0.496 e. The molecule has 0 spiro atoms. The largest absolute Gasteiger partial charge is 0.496 e. The Morgan fingerprint density at radius 3 is 2.56 bits per heavy atom. The van der Waals surface area contributed by atoms with Gasteiger partial charge in [0.2, 0.25) is 11.8 Å². The highest BCUT2D eigenvalue weighted by Crippen LogP contribution is 2.23. The molecule has 0 bridgehead atoms. The molecule has 0 N–H and O–H groups in total. The van der Waals surface area contributed by atoms with Gasteiger partial charge in [-0.1, -0.05) is 12.1 Å². The highest BCUT2D eigenvalue weighted by atomic mass is 16.5. The number of hydrogen-bond acceptors (Lipinski definition) is 6. The maximum atomic E-state index is 12.8. The van der Waals surface area contributed by atoms with Crippen molar-refractivity contribution in [1.29, 1.82) is 0 Å². The third-order valence-electron chi connectivity index (χ3n) is 4.11. The van der Waals surface area contributed by atoms with Gasteiger partial charge in [0, 0.05) is 18.7 Å². The Bertz CT molecular complexity index is 721. The van der Waals surface area contributed by atoms with Crippen LogP contribution in [-0.4, -0.2) is 54.4 Å². The van der Waals surface area contributed by atoms with Crippen LogP contribution in [0.25, 0.3) is 0 Å². The number of methoxy groups -OCH3 is 2. The van der Waals surface area contributed by atoms with Crippen molar-refractivity contribution < 1.29 is 19.0 Å². The van der Waals surface area contributed by atoms with Crippen molar-refractivity contribution in [2.75, 3.05) is 27.3 Å². The quantitative estimate of drug-likeness (QED) is 0.828. The van der Waals surface area contributed by atoms with Crippen LogP contribution in [0.2, 0.25) is 0 Å². The van der Waals surface area contributed by atoms with E-state index < -0.39 is 0 Å². The highest BCUT2D eigenvalue weighted by Gasteiger charge is 2.27. The number of aromatic nitrogens is 2. The van der Waals surface area contributed by atoms with Gasteiger partial charge in [-0.15, -0.1) is 10.2 Å². The van der Waals surface area contributed by atoms with Gasteiger partial charge in [0.15, 0.2) is 0 Å². The molecule has 7 nitrogen and oxygen atoms in total. The summed E-state index contributed by atoms with van der Waals surface area (Å²) >= 11 is 0. The average Bonchev–Trinajstić information content (AvgIpc) is 2.68. The monoisotopic (exact) mass is 343 g/mol. The molecule has 1 fully saturated rings. The molecule has 1 amide bonds. The van der Waals surface area contributed by atoms with Gasteiger partial charge in [0.05, 0.1) is 26.3 Å². The van der Waals surface area contributed by atoms with Crippen LogP contribution in [0.3, 0.4) is 0 Å². The number of carbonyl (C=O) groups excluding carboxylic acids is 1. The third kappa shape index (κ3) is 3.99. The normalized spacial score (nSPS) is 17.0. The SMILES string of the molecule is COc1ccc(OC2CCCN(C(=O)c3ccccc3OC)C2)nn1. The highest BCUT2D eigenvalue weighted by molar-refractivity contribution is 5.97. The second-order valence-electron chi connectivity index (χ2n) is 5.75. The molecule has 1 saturated heterocycles. The Morgan fingerprint density at radius 2 is 1.84 bits per heavy atom. The average molecular weight is 343 g/mol. The molecule has 2 aromatic rings. The molecule has 1 aliphatic heterocycles. The summed E-state index contributed by atoms with van der Waals surface area (Å²) in [6.45, 7) is 1.20. The van der Waals surface area contributed by atoms with Crippen LogP contribution in [0, 0.1) is 0 Å². The standard InChI is InChI=1S/C18H21N3O4/c1-23-15-8-4-3-7-14(15)18(22)21-11-5-6-13(12-21)25-17-10-9-16(24-2)19-20-17/h3-4,7-10,13H,5-6,11-12H2,1-2H3. The maximum Gasteiger partial charge on any atom is 0.257 e. The molecule has 2 heterocycles. The Balaban J connectivity index is 1.66. The first-order valence-corrected chi connectivity index (χ1v) is 8.18. The van der Waals surface area contributed by atoms with Crippen molar-refractivity contribution >= 4 is 5.91 Å². The van der Waals surface area contributed by atoms with Gasteiger partial charge >= 0.3 is 0 Å². The van der Waals surface area contributed by atoms with Gasteiger partial charge in [-0.25, -0.2) is 0 Å². The van der Waals surface area contributed by atoms with E-state index in [0.29, 0.717) is 36.2 Å². The van der Waals surface area contributed by atoms with E-state index in [9.17, 15) is 4.79 Å². The number of nitrogens with zero attached hydrogens (tertiary/aromatic N) is 3. The number of benzene rings is 1. The van der Waals surface area contributed by atoms with E-state index in [0.717, 1.165) is 12.8 Å². The van der Waals surface area contributed by atoms with Crippen LogP contribution in [0.5, 0.6) is 17.5 Å². The van der Waals surface area contributed by atoms with Gasteiger partial charge in [-0.05, 0) is 25.0 Å². The molecule has 3 rings (SSSR count). The van der Waals surface area contributed by atoms with Crippen molar-refractivity contribution in [3.05, 3.63) is 42.0 Å². The fourth-order valence-corrected chi connectivity index (χ4v) is 2.86. The van der Waals surface area contributed by atoms with E-state index in [1.807, 2.05) is 12.1 Å². The number of likely N-dealkylation sites (tertiary alicyclic amines) is 1. The van der Waals surface area contributed by atoms with Crippen LogP contribution in [-0.2, 0) is 0 Å². The molecule has 0 saturated carbocycles. The van der Waals surface area contributed by atoms with Gasteiger partial charge < -0.3 is 19.1 Å². The smallest absolute Gasteiger partial charge is 0.257 e. The first kappa shape index (κ1) is 17.0. The Morgan fingerprint density at radius 1 is 1.08 bits per heavy atom. The summed E-state index contributed by atoms with van der Waals surface area (Å²) < 4.78 is 16.2. The first-order valence-electron chi connectivity index (χ1n) is 8.18. The lowest BCUT2D eigenvalue weighted by molar-refractivity contribution is 0.0522. The number of piperidine rings is 1. The zero-order chi connectivity index (χ0) is 17.6. The van der Waals surface area contributed by atoms with E-state index in [4.69, 9.17) is 14.2 Å². The molecule has 0 aliphatic carbocycles. The van der Waals surface area contributed by atoms with E-state index in [1.165, 1.54) is 7.11 Å². The predicted molar refractivity (Wildman–Crippen MR) is 91.1 cm³/mol. The molecule has 0 radical (unpaired) electrons. The van der Waals surface area contributed by atoms with Crippen molar-refractivity contribution in [3.63, 3.8) is 0 Å². The molecule has 7 heteroatoms. The summed E-state index contributed by atoms with van der Waals surface area (Å²) in [5.74, 6) is 1.39. The Kier molecular flexibility index (Phi) is 5.33. The van der Waals surface area contributed by atoms with E-state index in [-0.39, 0.29) is 12.0 Å². The number of hydrogen-bond donors (Lipinski definition) is 0. The van der Waals surface area contributed by atoms with Crippen molar-refractivity contribution in [3.8, 4) is 17.5 Å². The number of rotatable bonds is 5. The Labute approximate surface area is 146 Å². The van der Waals surface area contributed by atoms with E-state index in [2.05, 4.69) is 10.2 Å². The number of para-hydroxylation sites is 1. The lowest BCUT2D eigenvalue weighted by atomic mass is 10.1. The summed E-state index contributed by atoms with van der Waals surface area (Å²) in [6.07, 6.45) is 1.62. The number of amides is 1. The minimum atomic E-state index is -0.116. The summed E-state index contributed by atoms with van der Waals surface area (Å²) in [4.78, 5) is 14.6. The van der Waals surface area contributed by atoms with Gasteiger partial charge in [0.25, 0.3) is 5.91 Å². The zero-order valence-electron chi connectivity index (χ0n) is 14.3. The van der Waals surface area contributed by atoms with Crippen LogP contribution in [0.1, 0.15) is 23.2 Å². The molecule has 1 unspecified atom stereocenters. The lowest BCUT2D eigenvalue weighted by Crippen LogP contribution is -2.44. The molecule has 1 aromatic carbocycles. The summed E-state index contributed by atoms with van der Waals surface area (Å²) in [7, 11) is 3.10. The zero-order valence-corrected chi connectivity index (χ0v) is 14.3. The minimum absolute atomic E-state index is 0.0495. The van der Waals surface area contributed by atoms with Crippen molar-refractivity contribution in [1.82, 2.24) is 15.1 Å². The number of ether oxygens (including phenoxy) is 3. The molecule has 1 aromatic heterocycles. The topological polar surface area (TPSA) is 73.8 Å². The fraction of sp³-hybridized carbons (Fsp3) is 0.389. The van der Waals surface area contributed by atoms with Crippen molar-refractivity contribution in [2.24, 2.45) is 0 Å². The molecule has 25 heavy (non-hydrogen) atoms. The van der Waals surface area contributed by atoms with Crippen LogP contribution >= 0.6 is 0 Å². The van der Waals surface area contributed by atoms with Crippen molar-refractivity contribution in [2.45, 2.75) is 18.9 Å². The lowest BCUT2D eigenvalue weighted by Gasteiger charge is -2.32. The summed E-state index contributed by atoms with van der Waals surface area (Å²) in [5, 5.41) is 7.87. The second kappa shape index (κ2) is 7.83. The molecular formula is C18H21N3O4. The van der Waals surface area contributed by atoms with Crippen LogP contribution in [0.4, 0.5) is 0 Å². The first-order chi connectivity index (χ1) is 12.2. The molecular weight excluding hydrogens is 322 g/mol. The predicted octanol–water partition coefficient (Wildman–Crippen LogP) is 2.18. The van der Waals surface area contributed by atoms with Crippen LogP contribution < -0.4 is 14.2 Å². The molecule has 1 atom stereocenters. The number of carbonyl (C=O) groups is 1. The van der Waals surface area contributed by atoms with E-state index >= 15 is 0 Å². The van der Waals surface area contributed by atoms with Crippen LogP contribution in [0.15, 0.2) is 36.4 Å². The summed E-state index contributed by atoms with van der Waals surface area (Å²) in [5.41, 5.74) is 0.565. The second-order valence-corrected chi connectivity index (χ2v) is 5.75. The molecule has 1 aliphatic rings.